The lowest BCUT2D eigenvalue weighted by atomic mass is 9.79. The van der Waals surface area contributed by atoms with Crippen LogP contribution in [0.4, 0.5) is 0 Å². The van der Waals surface area contributed by atoms with Crippen molar-refractivity contribution in [3.05, 3.63) is 93.6 Å². The van der Waals surface area contributed by atoms with E-state index in [1.54, 1.807) is 30.3 Å². The van der Waals surface area contributed by atoms with E-state index in [0.717, 1.165) is 0 Å². The highest BCUT2D eigenvalue weighted by molar-refractivity contribution is 6.09. The van der Waals surface area contributed by atoms with Crippen molar-refractivity contribution in [3.8, 4) is 57.3 Å². The zero-order chi connectivity index (χ0) is 32.0. The number of phenols is 3. The zero-order valence-electron chi connectivity index (χ0n) is 24.6. The van der Waals surface area contributed by atoms with E-state index in [1.807, 2.05) is 0 Å². The average molecular weight is 613 g/mol. The van der Waals surface area contributed by atoms with E-state index in [2.05, 4.69) is 0 Å². The second-order valence-corrected chi connectivity index (χ2v) is 10.3. The Kier molecular flexibility index (Phi) is 7.37. The van der Waals surface area contributed by atoms with Crippen molar-refractivity contribution in [1.29, 1.82) is 0 Å². The number of methoxy groups -OCH3 is 4. The van der Waals surface area contributed by atoms with E-state index >= 15 is 0 Å². The average Bonchev–Trinajstić information content (AvgIpc) is 3.04. The molecule has 45 heavy (non-hydrogen) atoms. The summed E-state index contributed by atoms with van der Waals surface area (Å²) in [5.41, 5.74) is 0.140. The smallest absolute Gasteiger partial charge is 0.197 e. The zero-order valence-corrected chi connectivity index (χ0v) is 24.6. The molecule has 1 aromatic heterocycles. The number of carbonyl (C=O) groups is 1. The first-order valence-electron chi connectivity index (χ1n) is 13.7. The van der Waals surface area contributed by atoms with Gasteiger partial charge in [-0.15, -0.1) is 0 Å². The van der Waals surface area contributed by atoms with Crippen LogP contribution in [-0.2, 0) is 0 Å². The Morgan fingerprint density at radius 1 is 0.689 bits per heavy atom. The third-order valence-corrected chi connectivity index (χ3v) is 7.80. The van der Waals surface area contributed by atoms with Gasteiger partial charge in [0.25, 0.3) is 0 Å². The Balaban J connectivity index is 1.66. The Morgan fingerprint density at radius 2 is 1.40 bits per heavy atom. The van der Waals surface area contributed by atoms with Crippen molar-refractivity contribution >= 4 is 16.8 Å². The summed E-state index contributed by atoms with van der Waals surface area (Å²) in [4.78, 5) is 28.0. The summed E-state index contributed by atoms with van der Waals surface area (Å²) in [6, 6.07) is 16.5. The van der Waals surface area contributed by atoms with Crippen LogP contribution in [0.25, 0.3) is 22.3 Å². The minimum atomic E-state index is -1.24. The van der Waals surface area contributed by atoms with Crippen LogP contribution < -0.4 is 29.1 Å². The number of rotatable bonds is 7. The molecule has 1 aliphatic rings. The second-order valence-electron chi connectivity index (χ2n) is 10.3. The van der Waals surface area contributed by atoms with Crippen molar-refractivity contribution in [2.45, 2.75) is 12.0 Å². The molecular formula is C34H28O11. The molecule has 3 N–H and O–H groups in total. The number of benzene rings is 4. The van der Waals surface area contributed by atoms with Gasteiger partial charge >= 0.3 is 0 Å². The molecule has 0 fully saturated rings. The minimum absolute atomic E-state index is 0.0368. The summed E-state index contributed by atoms with van der Waals surface area (Å²) in [6.07, 6.45) is -1.02. The van der Waals surface area contributed by atoms with Crippen molar-refractivity contribution in [1.82, 2.24) is 0 Å². The van der Waals surface area contributed by atoms with Crippen molar-refractivity contribution in [2.24, 2.45) is 0 Å². The van der Waals surface area contributed by atoms with Crippen LogP contribution in [0, 0.1) is 0 Å². The molecular weight excluding hydrogens is 584 g/mol. The van der Waals surface area contributed by atoms with E-state index < -0.39 is 29.0 Å². The molecule has 5 aromatic rings. The first-order chi connectivity index (χ1) is 21.7. The van der Waals surface area contributed by atoms with Gasteiger partial charge in [-0.2, -0.15) is 0 Å². The van der Waals surface area contributed by atoms with Crippen LogP contribution in [0.1, 0.15) is 33.5 Å². The summed E-state index contributed by atoms with van der Waals surface area (Å²) >= 11 is 0. The Labute approximate surface area is 256 Å². The van der Waals surface area contributed by atoms with Gasteiger partial charge in [-0.1, -0.05) is 12.1 Å². The van der Waals surface area contributed by atoms with Gasteiger partial charge in [0, 0.05) is 29.8 Å². The first-order valence-corrected chi connectivity index (χ1v) is 13.7. The van der Waals surface area contributed by atoms with Gasteiger partial charge in [0.1, 0.15) is 62.9 Å². The van der Waals surface area contributed by atoms with Gasteiger partial charge in [0.15, 0.2) is 22.7 Å². The number of carbonyl (C=O) groups excluding carboxylic acids is 1. The molecule has 2 atom stereocenters. The maximum atomic E-state index is 14.5. The molecule has 6 rings (SSSR count). The predicted molar refractivity (Wildman–Crippen MR) is 162 cm³/mol. The van der Waals surface area contributed by atoms with E-state index in [9.17, 15) is 24.9 Å². The van der Waals surface area contributed by atoms with E-state index in [-0.39, 0.29) is 62.4 Å². The third kappa shape index (κ3) is 4.88. The van der Waals surface area contributed by atoms with Gasteiger partial charge in [-0.3, -0.25) is 9.59 Å². The molecule has 0 bridgehead atoms. The Hall–Kier alpha value is -5.84. The van der Waals surface area contributed by atoms with Crippen LogP contribution in [0.2, 0.25) is 0 Å². The summed E-state index contributed by atoms with van der Waals surface area (Å²) in [5.74, 6) is -1.57. The highest BCUT2D eigenvalue weighted by Gasteiger charge is 2.44. The van der Waals surface area contributed by atoms with Gasteiger partial charge in [0.2, 0.25) is 0 Å². The molecule has 2 heterocycles. The standard InChI is InChI=1S/C34H28O11/c1-40-18-8-5-16(6-9-18)33-31(32(39)29-21(36)12-19(41-2)13-27(29)45-33)30-26(43-4)15-23(38)28-22(37)14-25(44-34(28)30)17-7-10-24(42-3)20(35)11-17/h5-15,31,33,35-36,38H,1-4H3/t31-,33+/m1/s1. The lowest BCUT2D eigenvalue weighted by Crippen LogP contribution is -2.31. The molecule has 0 saturated carbocycles. The van der Waals surface area contributed by atoms with E-state index in [0.29, 0.717) is 16.9 Å². The summed E-state index contributed by atoms with van der Waals surface area (Å²) in [6.45, 7) is 0. The first kappa shape index (κ1) is 29.2. The Morgan fingerprint density at radius 3 is 2.04 bits per heavy atom. The van der Waals surface area contributed by atoms with E-state index in [1.165, 1.54) is 64.8 Å². The van der Waals surface area contributed by atoms with Crippen molar-refractivity contribution in [2.75, 3.05) is 28.4 Å². The number of fused-ring (bicyclic) bond motifs is 2. The number of ether oxygens (including phenoxy) is 5. The lowest BCUT2D eigenvalue weighted by molar-refractivity contribution is 0.0772. The van der Waals surface area contributed by atoms with E-state index in [4.69, 9.17) is 28.1 Å². The summed E-state index contributed by atoms with van der Waals surface area (Å²) < 4.78 is 34.1. The maximum absolute atomic E-state index is 14.5. The van der Waals surface area contributed by atoms with Crippen LogP contribution in [0.3, 0.4) is 0 Å². The predicted octanol–water partition coefficient (Wildman–Crippen LogP) is 5.71. The highest BCUT2D eigenvalue weighted by Crippen LogP contribution is 2.52. The third-order valence-electron chi connectivity index (χ3n) is 7.80. The molecule has 1 aliphatic heterocycles. The molecule has 0 unspecified atom stereocenters. The number of hydrogen-bond acceptors (Lipinski definition) is 11. The fourth-order valence-electron chi connectivity index (χ4n) is 5.63. The normalized spacial score (nSPS) is 15.7. The van der Waals surface area contributed by atoms with Crippen molar-refractivity contribution in [3.63, 3.8) is 0 Å². The molecule has 4 aromatic carbocycles. The number of ketones is 1. The van der Waals surface area contributed by atoms with Crippen LogP contribution in [-0.4, -0.2) is 49.5 Å². The topological polar surface area (TPSA) is 154 Å². The summed E-state index contributed by atoms with van der Waals surface area (Å²) in [7, 11) is 5.70. The number of hydrogen-bond donors (Lipinski definition) is 3. The maximum Gasteiger partial charge on any atom is 0.197 e. The van der Waals surface area contributed by atoms with Crippen LogP contribution in [0.5, 0.6) is 46.0 Å². The van der Waals surface area contributed by atoms with Crippen LogP contribution >= 0.6 is 0 Å². The molecule has 230 valence electrons. The van der Waals surface area contributed by atoms with Gasteiger partial charge in [-0.25, -0.2) is 0 Å². The monoisotopic (exact) mass is 612 g/mol. The molecule has 11 nitrogen and oxygen atoms in total. The molecule has 0 radical (unpaired) electrons. The minimum Gasteiger partial charge on any atom is -0.507 e. The number of aromatic hydroxyl groups is 3. The second kappa shape index (κ2) is 11.3. The quantitative estimate of drug-likeness (QED) is 0.207. The Bertz CT molecular complexity index is 2010. The molecule has 0 amide bonds. The van der Waals surface area contributed by atoms with Gasteiger partial charge in [-0.05, 0) is 35.9 Å². The molecule has 0 saturated heterocycles. The van der Waals surface area contributed by atoms with Crippen molar-refractivity contribution < 1.29 is 48.2 Å². The fourth-order valence-corrected chi connectivity index (χ4v) is 5.63. The largest absolute Gasteiger partial charge is 0.507 e. The summed E-state index contributed by atoms with van der Waals surface area (Å²) in [5, 5.41) is 32.1. The molecule has 0 spiro atoms. The SMILES string of the molecule is COc1ccc([C@@H]2Oc3cc(OC)cc(O)c3C(=O)[C@H]2c2c(OC)cc(O)c3c(=O)cc(-c4ccc(OC)c(O)c4)oc23)cc1. The van der Waals surface area contributed by atoms with Gasteiger partial charge < -0.3 is 43.4 Å². The highest BCUT2D eigenvalue weighted by atomic mass is 16.5. The number of phenolic OH excluding ortho intramolecular Hbond substituents is 3. The fraction of sp³-hybridized carbons (Fsp3) is 0.176. The van der Waals surface area contributed by atoms with Crippen LogP contribution in [0.15, 0.2) is 75.9 Å². The number of Topliss-reactive ketones (excluding diaryl/α,β-unsaturated/α-hetero) is 1. The lowest BCUT2D eigenvalue weighted by Gasteiger charge is -2.34. The van der Waals surface area contributed by atoms with Gasteiger partial charge in [0.05, 0.1) is 39.9 Å². The molecule has 11 heteroatoms. The molecule has 0 aliphatic carbocycles.